The number of hydrogen-bond acceptors (Lipinski definition) is 5. The molecule has 0 saturated carbocycles. The molecule has 0 aliphatic rings. The average molecular weight is 382 g/mol. The van der Waals surface area contributed by atoms with Gasteiger partial charge in [0.15, 0.2) is 5.75 Å². The maximum Gasteiger partial charge on any atom is 0.362 e. The van der Waals surface area contributed by atoms with Gasteiger partial charge in [0.1, 0.15) is 12.4 Å². The summed E-state index contributed by atoms with van der Waals surface area (Å²) >= 11 is 0. The van der Waals surface area contributed by atoms with E-state index in [1.165, 1.54) is 18.2 Å². The molecule has 0 aliphatic heterocycles. The number of aromatic nitrogens is 2. The molecule has 0 atom stereocenters. The zero-order valence-corrected chi connectivity index (χ0v) is 15.5. The third-order valence-electron chi connectivity index (χ3n) is 4.02. The molecule has 3 rings (SSSR count). The second kappa shape index (κ2) is 8.47. The summed E-state index contributed by atoms with van der Waals surface area (Å²) in [7, 11) is 0. The van der Waals surface area contributed by atoms with Crippen molar-refractivity contribution < 1.29 is 18.7 Å². The molecule has 7 heteroatoms. The lowest BCUT2D eigenvalue weighted by molar-refractivity contribution is 0.0511. The Kier molecular flexibility index (Phi) is 5.84. The zero-order chi connectivity index (χ0) is 20.1. The maximum atomic E-state index is 13.0. The smallest absolute Gasteiger partial charge is 0.362 e. The van der Waals surface area contributed by atoms with E-state index >= 15 is 0 Å². The first-order chi connectivity index (χ1) is 13.5. The van der Waals surface area contributed by atoms with Gasteiger partial charge in [-0.3, -0.25) is 4.79 Å². The number of halogens is 1. The third kappa shape index (κ3) is 4.25. The van der Waals surface area contributed by atoms with Crippen LogP contribution in [-0.4, -0.2) is 22.4 Å². The van der Waals surface area contributed by atoms with Crippen LogP contribution >= 0.6 is 0 Å². The molecule has 0 saturated heterocycles. The van der Waals surface area contributed by atoms with Crippen molar-refractivity contribution in [3.8, 4) is 11.4 Å². The highest BCUT2D eigenvalue weighted by Gasteiger charge is 2.20. The van der Waals surface area contributed by atoms with Crippen LogP contribution < -0.4 is 10.3 Å². The zero-order valence-electron chi connectivity index (χ0n) is 15.5. The Labute approximate surface area is 161 Å². The molecule has 0 spiro atoms. The highest BCUT2D eigenvalue weighted by molar-refractivity contribution is 5.90. The number of nitrogens with zero attached hydrogens (tertiary/aromatic N) is 2. The van der Waals surface area contributed by atoms with Crippen LogP contribution in [0, 0.1) is 12.7 Å². The number of ether oxygens (including phenoxy) is 2. The van der Waals surface area contributed by atoms with Gasteiger partial charge in [-0.15, -0.1) is 0 Å². The van der Waals surface area contributed by atoms with Gasteiger partial charge in [0.25, 0.3) is 5.56 Å². The molecule has 0 amide bonds. The van der Waals surface area contributed by atoms with E-state index < -0.39 is 11.5 Å². The van der Waals surface area contributed by atoms with Crippen molar-refractivity contribution in [1.82, 2.24) is 9.78 Å². The van der Waals surface area contributed by atoms with Gasteiger partial charge in [-0.1, -0.05) is 30.3 Å². The summed E-state index contributed by atoms with van der Waals surface area (Å²) in [5, 5.41) is 4.19. The van der Waals surface area contributed by atoms with Gasteiger partial charge in [-0.25, -0.2) is 9.18 Å². The fraction of sp³-hybridized carbons (Fsp3) is 0.190. The minimum absolute atomic E-state index is 0.0117. The minimum Gasteiger partial charge on any atom is -0.486 e. The Morgan fingerprint density at radius 1 is 1.14 bits per heavy atom. The number of rotatable bonds is 6. The number of aryl methyl sites for hydroxylation is 1. The summed E-state index contributed by atoms with van der Waals surface area (Å²) < 4.78 is 24.9. The van der Waals surface area contributed by atoms with Gasteiger partial charge in [0.2, 0.25) is 5.69 Å². The molecule has 0 N–H and O–H groups in total. The molecule has 0 bridgehead atoms. The number of carbonyl (C=O) groups excluding carboxylic acids is 1. The van der Waals surface area contributed by atoms with Gasteiger partial charge in [-0.2, -0.15) is 9.78 Å². The summed E-state index contributed by atoms with van der Waals surface area (Å²) in [6.45, 7) is 3.71. The molecule has 1 heterocycles. The Bertz CT molecular complexity index is 1050. The third-order valence-corrected chi connectivity index (χ3v) is 4.02. The lowest BCUT2D eigenvalue weighted by Gasteiger charge is -2.13. The number of benzene rings is 2. The van der Waals surface area contributed by atoms with Crippen LogP contribution in [0.4, 0.5) is 4.39 Å². The Morgan fingerprint density at radius 3 is 2.54 bits per heavy atom. The van der Waals surface area contributed by atoms with Crippen LogP contribution in [0.5, 0.6) is 5.75 Å². The molecule has 6 nitrogen and oxygen atoms in total. The van der Waals surface area contributed by atoms with Crippen molar-refractivity contribution in [2.75, 3.05) is 6.61 Å². The first kappa shape index (κ1) is 19.3. The van der Waals surface area contributed by atoms with E-state index in [9.17, 15) is 14.0 Å². The van der Waals surface area contributed by atoms with Crippen molar-refractivity contribution in [1.29, 1.82) is 0 Å². The topological polar surface area (TPSA) is 70.4 Å². The van der Waals surface area contributed by atoms with E-state index in [1.54, 1.807) is 31.2 Å². The number of esters is 1. The fourth-order valence-corrected chi connectivity index (χ4v) is 2.61. The Hall–Kier alpha value is -3.48. The van der Waals surface area contributed by atoms with Crippen LogP contribution in [0.1, 0.15) is 28.5 Å². The van der Waals surface area contributed by atoms with Gasteiger partial charge < -0.3 is 9.47 Å². The van der Waals surface area contributed by atoms with Crippen LogP contribution in [0.25, 0.3) is 5.69 Å². The minimum atomic E-state index is -0.695. The van der Waals surface area contributed by atoms with Gasteiger partial charge in [0.05, 0.1) is 18.4 Å². The van der Waals surface area contributed by atoms with Crippen LogP contribution in [0.15, 0.2) is 59.4 Å². The second-order valence-electron chi connectivity index (χ2n) is 6.03. The van der Waals surface area contributed by atoms with Crippen molar-refractivity contribution in [3.05, 3.63) is 87.6 Å². The summed E-state index contributed by atoms with van der Waals surface area (Å²) in [6.07, 6.45) is 0. The first-order valence-corrected chi connectivity index (χ1v) is 8.74. The molecular weight excluding hydrogens is 363 g/mol. The SMILES string of the molecule is CCOC(=O)c1nn(-c2ccccc2C)c(=O)cc1OCc1ccc(F)cc1. The molecule has 0 unspecified atom stereocenters. The Morgan fingerprint density at radius 2 is 1.86 bits per heavy atom. The first-order valence-electron chi connectivity index (χ1n) is 8.74. The molecule has 0 aliphatic carbocycles. The number of carbonyl (C=O) groups is 1. The van der Waals surface area contributed by atoms with Crippen LogP contribution in [-0.2, 0) is 11.3 Å². The van der Waals surface area contributed by atoms with Crippen LogP contribution in [0.3, 0.4) is 0 Å². The average Bonchev–Trinajstić information content (AvgIpc) is 2.68. The summed E-state index contributed by atoms with van der Waals surface area (Å²) in [6, 6.07) is 14.1. The molecule has 28 heavy (non-hydrogen) atoms. The largest absolute Gasteiger partial charge is 0.486 e. The summed E-state index contributed by atoms with van der Waals surface area (Å²) in [5.41, 5.74) is 1.51. The summed E-state index contributed by atoms with van der Waals surface area (Å²) in [4.78, 5) is 25.0. The molecule has 0 radical (unpaired) electrons. The standard InChI is InChI=1S/C21H19FN2O4/c1-3-27-21(26)20-18(28-13-15-8-10-16(22)11-9-15)12-19(25)24(23-20)17-7-5-4-6-14(17)2/h4-12H,3,13H2,1-2H3. The number of para-hydroxylation sites is 1. The highest BCUT2D eigenvalue weighted by atomic mass is 19.1. The summed E-state index contributed by atoms with van der Waals surface area (Å²) in [5.74, 6) is -1.05. The number of hydrogen-bond donors (Lipinski definition) is 0. The van der Waals surface area contributed by atoms with Gasteiger partial charge in [0, 0.05) is 0 Å². The predicted octanol–water partition coefficient (Wildman–Crippen LogP) is 3.44. The van der Waals surface area contributed by atoms with E-state index in [1.807, 2.05) is 19.1 Å². The molecule has 3 aromatic rings. The lowest BCUT2D eigenvalue weighted by atomic mass is 10.2. The predicted molar refractivity (Wildman–Crippen MR) is 101 cm³/mol. The van der Waals surface area contributed by atoms with E-state index in [-0.39, 0.29) is 30.5 Å². The highest BCUT2D eigenvalue weighted by Crippen LogP contribution is 2.19. The molecular formula is C21H19FN2O4. The Balaban J connectivity index is 2.00. The fourth-order valence-electron chi connectivity index (χ4n) is 2.61. The van der Waals surface area contributed by atoms with Gasteiger partial charge >= 0.3 is 5.97 Å². The molecule has 1 aromatic heterocycles. The van der Waals surface area contributed by atoms with Crippen molar-refractivity contribution in [2.45, 2.75) is 20.5 Å². The molecule has 0 fully saturated rings. The monoisotopic (exact) mass is 382 g/mol. The maximum absolute atomic E-state index is 13.0. The van der Waals surface area contributed by atoms with E-state index in [2.05, 4.69) is 5.10 Å². The van der Waals surface area contributed by atoms with Crippen LogP contribution in [0.2, 0.25) is 0 Å². The van der Waals surface area contributed by atoms with Crippen molar-refractivity contribution >= 4 is 5.97 Å². The van der Waals surface area contributed by atoms with E-state index in [0.717, 1.165) is 10.2 Å². The van der Waals surface area contributed by atoms with E-state index in [4.69, 9.17) is 9.47 Å². The van der Waals surface area contributed by atoms with Crippen molar-refractivity contribution in [2.24, 2.45) is 0 Å². The normalized spacial score (nSPS) is 10.5. The van der Waals surface area contributed by atoms with E-state index in [0.29, 0.717) is 11.3 Å². The quantitative estimate of drug-likeness (QED) is 0.611. The van der Waals surface area contributed by atoms with Crippen molar-refractivity contribution in [3.63, 3.8) is 0 Å². The van der Waals surface area contributed by atoms with Gasteiger partial charge in [-0.05, 0) is 43.2 Å². The second-order valence-corrected chi connectivity index (χ2v) is 6.03. The lowest BCUT2D eigenvalue weighted by Crippen LogP contribution is -2.25. The molecule has 2 aromatic carbocycles. The molecule has 144 valence electrons.